The molecule has 92 valence electrons. The normalized spacial score (nSPS) is 27.9. The van der Waals surface area contributed by atoms with Crippen LogP contribution in [0.25, 0.3) is 0 Å². The second-order valence-corrected chi connectivity index (χ2v) is 5.54. The summed E-state index contributed by atoms with van der Waals surface area (Å²) >= 11 is 5.60. The highest BCUT2D eigenvalue weighted by Gasteiger charge is 2.48. The average Bonchev–Trinajstić information content (AvgIpc) is 2.87. The van der Waals surface area contributed by atoms with E-state index in [4.69, 9.17) is 11.6 Å². The smallest absolute Gasteiger partial charge is 0.223 e. The monoisotopic (exact) mass is 245 g/mol. The molecule has 3 nitrogen and oxygen atoms in total. The molecular weight excluding hydrogens is 226 g/mol. The number of alkyl halides is 1. The number of carbonyl (C=O) groups excluding carboxylic acids is 1. The van der Waals surface area contributed by atoms with Crippen molar-refractivity contribution in [2.24, 2.45) is 11.3 Å². The van der Waals surface area contributed by atoms with Crippen LogP contribution in [0.3, 0.4) is 0 Å². The fourth-order valence-electron chi connectivity index (χ4n) is 3.36. The summed E-state index contributed by atoms with van der Waals surface area (Å²) in [7, 11) is 0. The summed E-state index contributed by atoms with van der Waals surface area (Å²) in [5, 5.41) is 9.46. The summed E-state index contributed by atoms with van der Waals surface area (Å²) in [6.07, 6.45) is 5.25. The molecule has 0 aromatic carbocycles. The predicted molar refractivity (Wildman–Crippen MR) is 63.4 cm³/mol. The quantitative estimate of drug-likeness (QED) is 0.768. The Kier molecular flexibility index (Phi) is 3.75. The molecule has 1 aliphatic carbocycles. The van der Waals surface area contributed by atoms with Crippen molar-refractivity contribution in [2.75, 3.05) is 25.6 Å². The van der Waals surface area contributed by atoms with Crippen LogP contribution >= 0.6 is 11.6 Å². The first-order chi connectivity index (χ1) is 7.72. The zero-order valence-electron chi connectivity index (χ0n) is 9.62. The van der Waals surface area contributed by atoms with Gasteiger partial charge in [0.25, 0.3) is 0 Å². The summed E-state index contributed by atoms with van der Waals surface area (Å²) in [6.45, 7) is 1.78. The van der Waals surface area contributed by atoms with E-state index in [2.05, 4.69) is 0 Å². The van der Waals surface area contributed by atoms with Gasteiger partial charge in [0.1, 0.15) is 0 Å². The van der Waals surface area contributed by atoms with Gasteiger partial charge in [0.15, 0.2) is 0 Å². The molecule has 0 radical (unpaired) electrons. The maximum Gasteiger partial charge on any atom is 0.223 e. The van der Waals surface area contributed by atoms with Gasteiger partial charge in [0.05, 0.1) is 0 Å². The molecule has 0 aromatic rings. The molecule has 1 unspecified atom stereocenters. The van der Waals surface area contributed by atoms with Crippen LogP contribution in [0.1, 0.15) is 32.1 Å². The van der Waals surface area contributed by atoms with Crippen LogP contribution in [-0.2, 0) is 4.79 Å². The van der Waals surface area contributed by atoms with Crippen LogP contribution < -0.4 is 0 Å². The van der Waals surface area contributed by atoms with Crippen LogP contribution in [-0.4, -0.2) is 41.5 Å². The van der Waals surface area contributed by atoms with Crippen molar-refractivity contribution in [3.8, 4) is 0 Å². The third-order valence-corrected chi connectivity index (χ3v) is 4.48. The fraction of sp³-hybridized carbons (Fsp3) is 0.917. The van der Waals surface area contributed by atoms with Gasteiger partial charge >= 0.3 is 0 Å². The maximum atomic E-state index is 11.8. The van der Waals surface area contributed by atoms with Gasteiger partial charge in [-0.2, -0.15) is 0 Å². The lowest BCUT2D eigenvalue weighted by molar-refractivity contribution is -0.130. The van der Waals surface area contributed by atoms with Gasteiger partial charge in [0.2, 0.25) is 5.91 Å². The minimum Gasteiger partial charge on any atom is -0.396 e. The Morgan fingerprint density at radius 3 is 2.69 bits per heavy atom. The van der Waals surface area contributed by atoms with E-state index in [1.807, 2.05) is 4.90 Å². The van der Waals surface area contributed by atoms with E-state index >= 15 is 0 Å². The number of halogens is 1. The maximum absolute atomic E-state index is 11.8. The molecule has 2 rings (SSSR count). The minimum absolute atomic E-state index is 0.150. The lowest BCUT2D eigenvalue weighted by Gasteiger charge is -2.28. The first-order valence-electron chi connectivity index (χ1n) is 6.16. The van der Waals surface area contributed by atoms with E-state index in [-0.39, 0.29) is 23.8 Å². The summed E-state index contributed by atoms with van der Waals surface area (Å²) in [4.78, 5) is 13.7. The van der Waals surface area contributed by atoms with Gasteiger partial charge in [-0.3, -0.25) is 4.79 Å². The second kappa shape index (κ2) is 4.92. The highest BCUT2D eigenvalue weighted by molar-refractivity contribution is 6.18. The van der Waals surface area contributed by atoms with Crippen LogP contribution in [0.4, 0.5) is 0 Å². The molecule has 1 N–H and O–H groups in total. The first kappa shape index (κ1) is 12.2. The predicted octanol–water partition coefficient (Wildman–Crippen LogP) is 1.63. The number of rotatable bonds is 3. The SMILES string of the molecule is O=C(CCCl)N1CC(CO)C2(CCCC2)C1. The molecule has 1 aliphatic heterocycles. The average molecular weight is 246 g/mol. The lowest BCUT2D eigenvalue weighted by atomic mass is 9.77. The summed E-state index contributed by atoms with van der Waals surface area (Å²) in [5.41, 5.74) is 0.219. The Balaban J connectivity index is 2.04. The second-order valence-electron chi connectivity index (χ2n) is 5.16. The topological polar surface area (TPSA) is 40.5 Å². The van der Waals surface area contributed by atoms with Crippen LogP contribution in [0.2, 0.25) is 0 Å². The van der Waals surface area contributed by atoms with E-state index < -0.39 is 0 Å². The Hall–Kier alpha value is -0.280. The minimum atomic E-state index is 0.150. The molecule has 1 amide bonds. The number of hydrogen-bond donors (Lipinski definition) is 1. The van der Waals surface area contributed by atoms with Crippen molar-refractivity contribution in [1.29, 1.82) is 0 Å². The highest BCUT2D eigenvalue weighted by Crippen LogP contribution is 2.48. The molecule has 2 fully saturated rings. The number of carbonyl (C=O) groups is 1. The van der Waals surface area contributed by atoms with Crippen molar-refractivity contribution in [1.82, 2.24) is 4.90 Å². The number of aliphatic hydroxyl groups is 1. The van der Waals surface area contributed by atoms with Gasteiger partial charge in [-0.15, -0.1) is 11.6 Å². The van der Waals surface area contributed by atoms with E-state index in [1.165, 1.54) is 25.7 Å². The zero-order chi connectivity index (χ0) is 11.6. The van der Waals surface area contributed by atoms with Crippen molar-refractivity contribution in [2.45, 2.75) is 32.1 Å². The molecule has 1 saturated carbocycles. The van der Waals surface area contributed by atoms with Gasteiger partial charge in [0, 0.05) is 37.9 Å². The molecule has 16 heavy (non-hydrogen) atoms. The molecule has 1 spiro atoms. The van der Waals surface area contributed by atoms with E-state index in [9.17, 15) is 9.90 Å². The Morgan fingerprint density at radius 2 is 2.12 bits per heavy atom. The fourth-order valence-corrected chi connectivity index (χ4v) is 3.52. The van der Waals surface area contributed by atoms with Gasteiger partial charge < -0.3 is 10.0 Å². The molecule has 1 heterocycles. The third kappa shape index (κ3) is 2.07. The third-order valence-electron chi connectivity index (χ3n) is 4.29. The number of amides is 1. The van der Waals surface area contributed by atoms with Crippen molar-refractivity contribution >= 4 is 17.5 Å². The molecular formula is C12H20ClNO2. The van der Waals surface area contributed by atoms with E-state index in [0.29, 0.717) is 12.3 Å². The van der Waals surface area contributed by atoms with E-state index in [0.717, 1.165) is 13.1 Å². The number of aliphatic hydroxyl groups excluding tert-OH is 1. The molecule has 0 bridgehead atoms. The van der Waals surface area contributed by atoms with Crippen molar-refractivity contribution in [3.63, 3.8) is 0 Å². The number of nitrogens with zero attached hydrogens (tertiary/aromatic N) is 1. The largest absolute Gasteiger partial charge is 0.396 e. The summed E-state index contributed by atoms with van der Waals surface area (Å²) < 4.78 is 0. The molecule has 1 atom stereocenters. The van der Waals surface area contributed by atoms with Crippen molar-refractivity contribution in [3.05, 3.63) is 0 Å². The summed E-state index contributed by atoms with van der Waals surface area (Å²) in [5.74, 6) is 0.832. The summed E-state index contributed by atoms with van der Waals surface area (Å²) in [6, 6.07) is 0. The van der Waals surface area contributed by atoms with Gasteiger partial charge in [-0.1, -0.05) is 12.8 Å². The highest BCUT2D eigenvalue weighted by atomic mass is 35.5. The lowest BCUT2D eigenvalue weighted by Crippen LogP contribution is -2.31. The number of likely N-dealkylation sites (tertiary alicyclic amines) is 1. The Bertz CT molecular complexity index is 264. The zero-order valence-corrected chi connectivity index (χ0v) is 10.4. The standard InChI is InChI=1S/C12H20ClNO2/c13-6-3-11(16)14-7-10(8-15)12(9-14)4-1-2-5-12/h10,15H,1-9H2. The molecule has 4 heteroatoms. The number of hydrogen-bond acceptors (Lipinski definition) is 2. The first-order valence-corrected chi connectivity index (χ1v) is 6.70. The van der Waals surface area contributed by atoms with Crippen LogP contribution in [0, 0.1) is 11.3 Å². The Morgan fingerprint density at radius 1 is 1.44 bits per heavy atom. The molecule has 2 aliphatic rings. The Labute approximate surface area is 102 Å². The van der Waals surface area contributed by atoms with Crippen molar-refractivity contribution < 1.29 is 9.90 Å². The van der Waals surface area contributed by atoms with E-state index in [1.54, 1.807) is 0 Å². The van der Waals surface area contributed by atoms with Crippen LogP contribution in [0.15, 0.2) is 0 Å². The van der Waals surface area contributed by atoms with Gasteiger partial charge in [-0.25, -0.2) is 0 Å². The van der Waals surface area contributed by atoms with Crippen LogP contribution in [0.5, 0.6) is 0 Å². The molecule has 0 aromatic heterocycles. The van der Waals surface area contributed by atoms with Gasteiger partial charge in [-0.05, 0) is 18.3 Å². The molecule has 1 saturated heterocycles.